The number of nitrogens with zero attached hydrogens (tertiary/aromatic N) is 4. The van der Waals surface area contributed by atoms with Crippen molar-refractivity contribution in [2.24, 2.45) is 0 Å². The lowest BCUT2D eigenvalue weighted by molar-refractivity contribution is 0.102. The van der Waals surface area contributed by atoms with E-state index in [1.807, 2.05) is 38.1 Å². The van der Waals surface area contributed by atoms with E-state index in [0.29, 0.717) is 28.0 Å². The highest BCUT2D eigenvalue weighted by Gasteiger charge is 2.28. The number of phenols is 1. The third kappa shape index (κ3) is 4.64. The molecule has 1 fully saturated rings. The monoisotopic (exact) mass is 484 g/mol. The minimum Gasteiger partial charge on any atom is -0.507 e. The summed E-state index contributed by atoms with van der Waals surface area (Å²) in [5.74, 6) is -0.158. The number of phenolic OH excluding ortho intramolecular Hbond substituents is 1. The molecule has 2 aromatic heterocycles. The summed E-state index contributed by atoms with van der Waals surface area (Å²) in [6.07, 6.45) is 5.35. The van der Waals surface area contributed by atoms with E-state index in [9.17, 15) is 14.7 Å². The molecule has 184 valence electrons. The average molecular weight is 485 g/mol. The van der Waals surface area contributed by atoms with E-state index >= 15 is 0 Å². The molecule has 9 heteroatoms. The van der Waals surface area contributed by atoms with Crippen molar-refractivity contribution < 1.29 is 14.7 Å². The Morgan fingerprint density at radius 1 is 1.14 bits per heavy atom. The Kier molecular flexibility index (Phi) is 6.37. The maximum Gasteiger partial charge on any atom is 0.342 e. The molecule has 1 aliphatic carbocycles. The number of aromatic hydroxyl groups is 1. The summed E-state index contributed by atoms with van der Waals surface area (Å²) >= 11 is 0. The Morgan fingerprint density at radius 2 is 1.92 bits per heavy atom. The highest BCUT2D eigenvalue weighted by Crippen LogP contribution is 2.39. The zero-order valence-corrected chi connectivity index (χ0v) is 20.2. The highest BCUT2D eigenvalue weighted by molar-refractivity contribution is 6.04. The average Bonchev–Trinajstić information content (AvgIpc) is 3.28. The smallest absolute Gasteiger partial charge is 0.342 e. The minimum atomic E-state index is -0.418. The van der Waals surface area contributed by atoms with Gasteiger partial charge in [0.15, 0.2) is 0 Å². The van der Waals surface area contributed by atoms with Gasteiger partial charge in [-0.25, -0.2) is 9.78 Å². The third-order valence-corrected chi connectivity index (χ3v) is 6.65. The van der Waals surface area contributed by atoms with Crippen molar-refractivity contribution in [3.63, 3.8) is 0 Å². The molecule has 36 heavy (non-hydrogen) atoms. The number of benzene rings is 2. The van der Waals surface area contributed by atoms with Gasteiger partial charge < -0.3 is 15.7 Å². The van der Waals surface area contributed by atoms with Crippen molar-refractivity contribution in [2.75, 3.05) is 5.32 Å². The number of nitrogens with one attached hydrogen (secondary N) is 2. The van der Waals surface area contributed by atoms with Crippen LogP contribution in [0.3, 0.4) is 0 Å². The van der Waals surface area contributed by atoms with Gasteiger partial charge in [0, 0.05) is 23.2 Å². The number of carbonyl (C=O) groups is 2. The van der Waals surface area contributed by atoms with Crippen LogP contribution in [-0.4, -0.2) is 42.8 Å². The number of rotatable bonds is 6. The molecule has 0 spiro atoms. The van der Waals surface area contributed by atoms with Crippen LogP contribution in [0.2, 0.25) is 0 Å². The van der Waals surface area contributed by atoms with Crippen LogP contribution in [0.15, 0.2) is 54.7 Å². The van der Waals surface area contributed by atoms with Gasteiger partial charge in [0.05, 0.1) is 28.6 Å². The largest absolute Gasteiger partial charge is 0.507 e. The Balaban J connectivity index is 1.43. The summed E-state index contributed by atoms with van der Waals surface area (Å²) in [7, 11) is 0. The van der Waals surface area contributed by atoms with Gasteiger partial charge in [-0.05, 0) is 62.6 Å². The third-order valence-electron chi connectivity index (χ3n) is 6.65. The first-order chi connectivity index (χ1) is 17.4. The van der Waals surface area contributed by atoms with E-state index in [-0.39, 0.29) is 29.4 Å². The second-order valence-electron chi connectivity index (χ2n) is 9.18. The Labute approximate surface area is 208 Å². The van der Waals surface area contributed by atoms with E-state index in [1.54, 1.807) is 18.2 Å². The first-order valence-electron chi connectivity index (χ1n) is 12.2. The van der Waals surface area contributed by atoms with Crippen molar-refractivity contribution in [2.45, 2.75) is 51.5 Å². The number of hydrogen-bond acceptors (Lipinski definition) is 6. The molecule has 5 rings (SSSR count). The fourth-order valence-corrected chi connectivity index (χ4v) is 4.14. The van der Waals surface area contributed by atoms with Gasteiger partial charge in [0.25, 0.3) is 5.91 Å². The fourth-order valence-electron chi connectivity index (χ4n) is 4.14. The predicted octanol–water partition coefficient (Wildman–Crippen LogP) is 5.07. The second-order valence-corrected chi connectivity index (χ2v) is 9.18. The summed E-state index contributed by atoms with van der Waals surface area (Å²) in [6.45, 7) is 3.96. The van der Waals surface area contributed by atoms with Gasteiger partial charge in [-0.15, -0.1) is 0 Å². The summed E-state index contributed by atoms with van der Waals surface area (Å²) in [6, 6.07) is 13.7. The lowest BCUT2D eigenvalue weighted by Gasteiger charge is -2.25. The van der Waals surface area contributed by atoms with Crippen LogP contribution in [0, 0.1) is 0 Å². The first kappa shape index (κ1) is 23.5. The molecule has 4 aromatic rings. The van der Waals surface area contributed by atoms with Crippen LogP contribution in [0.4, 0.5) is 10.5 Å². The molecule has 0 saturated heterocycles. The molecular formula is C27H28N6O3. The lowest BCUT2D eigenvalue weighted by Crippen LogP contribution is -2.37. The molecule has 1 atom stereocenters. The zero-order valence-electron chi connectivity index (χ0n) is 20.2. The van der Waals surface area contributed by atoms with Crippen LogP contribution in [0.5, 0.6) is 5.75 Å². The van der Waals surface area contributed by atoms with Crippen molar-refractivity contribution in [3.8, 4) is 17.0 Å². The van der Waals surface area contributed by atoms with Crippen LogP contribution < -0.4 is 10.6 Å². The summed E-state index contributed by atoms with van der Waals surface area (Å²) in [4.78, 5) is 34.5. The van der Waals surface area contributed by atoms with Crippen LogP contribution in [0.1, 0.15) is 61.6 Å². The number of amides is 2. The molecule has 1 saturated carbocycles. The zero-order chi connectivity index (χ0) is 25.2. The lowest BCUT2D eigenvalue weighted by atomic mass is 9.82. The van der Waals surface area contributed by atoms with Crippen LogP contribution in [0.25, 0.3) is 22.3 Å². The van der Waals surface area contributed by atoms with Gasteiger partial charge in [0.1, 0.15) is 11.4 Å². The number of aromatic nitrogens is 4. The van der Waals surface area contributed by atoms with Crippen molar-refractivity contribution in [1.29, 1.82) is 0 Å². The molecule has 2 aromatic carbocycles. The fraction of sp³-hybridized carbons (Fsp3) is 0.296. The number of anilines is 1. The number of fused-ring (bicyclic) bond motifs is 1. The SMILES string of the molecule is CCC(C)NC(=O)n1nc(-c2cc(NC(=O)c3cnc4ccccc4n3)ccc2O)cc1C1CCC1. The number of carbonyl (C=O) groups excluding carboxylic acids is 2. The normalized spacial score (nSPS) is 14.3. The molecule has 1 unspecified atom stereocenters. The molecule has 2 heterocycles. The summed E-state index contributed by atoms with van der Waals surface area (Å²) in [5.41, 5.74) is 3.70. The number of para-hydroxylation sites is 2. The van der Waals surface area contributed by atoms with Gasteiger partial charge in [-0.2, -0.15) is 9.78 Å². The highest BCUT2D eigenvalue weighted by atomic mass is 16.3. The van der Waals surface area contributed by atoms with E-state index in [4.69, 9.17) is 0 Å². The van der Waals surface area contributed by atoms with Crippen molar-refractivity contribution in [3.05, 3.63) is 66.1 Å². The first-order valence-corrected chi connectivity index (χ1v) is 12.2. The van der Waals surface area contributed by atoms with Gasteiger partial charge in [0.2, 0.25) is 0 Å². The molecular weight excluding hydrogens is 456 g/mol. The minimum absolute atomic E-state index is 0.00522. The topological polar surface area (TPSA) is 122 Å². The van der Waals surface area contributed by atoms with Gasteiger partial charge >= 0.3 is 6.03 Å². The maximum absolute atomic E-state index is 12.9. The maximum atomic E-state index is 12.9. The van der Waals surface area contributed by atoms with Crippen molar-refractivity contribution >= 4 is 28.7 Å². The van der Waals surface area contributed by atoms with Crippen LogP contribution >= 0.6 is 0 Å². The Morgan fingerprint density at radius 3 is 2.64 bits per heavy atom. The second kappa shape index (κ2) is 9.77. The predicted molar refractivity (Wildman–Crippen MR) is 137 cm³/mol. The molecule has 1 aliphatic rings. The molecule has 3 N–H and O–H groups in total. The molecule has 0 bridgehead atoms. The Bertz CT molecular complexity index is 1440. The van der Waals surface area contributed by atoms with E-state index < -0.39 is 5.91 Å². The molecule has 0 radical (unpaired) electrons. The summed E-state index contributed by atoms with van der Waals surface area (Å²) in [5, 5.41) is 20.9. The molecule has 2 amide bonds. The number of hydrogen-bond donors (Lipinski definition) is 3. The van der Waals surface area contributed by atoms with E-state index in [0.717, 1.165) is 31.4 Å². The summed E-state index contributed by atoms with van der Waals surface area (Å²) < 4.78 is 1.42. The van der Waals surface area contributed by atoms with E-state index in [2.05, 4.69) is 25.7 Å². The standard InChI is InChI=1S/C27H28N6O3/c1-3-16(2)29-27(36)33-24(17-7-6-8-17)14-22(32-33)19-13-18(11-12-25(19)34)30-26(35)23-15-28-20-9-4-5-10-21(20)31-23/h4-5,9-17,34H,3,6-8H2,1-2H3,(H,29,36)(H,30,35). The van der Waals surface area contributed by atoms with Crippen LogP contribution in [-0.2, 0) is 0 Å². The molecule has 0 aliphatic heterocycles. The quantitative estimate of drug-likeness (QED) is 0.328. The Hall–Kier alpha value is -4.27. The van der Waals surface area contributed by atoms with Crippen molar-refractivity contribution in [1.82, 2.24) is 25.1 Å². The molecule has 9 nitrogen and oxygen atoms in total. The van der Waals surface area contributed by atoms with E-state index in [1.165, 1.54) is 16.9 Å². The van der Waals surface area contributed by atoms with Gasteiger partial charge in [-0.1, -0.05) is 25.5 Å². The van der Waals surface area contributed by atoms with Gasteiger partial charge in [-0.3, -0.25) is 9.78 Å².